The van der Waals surface area contributed by atoms with Gasteiger partial charge in [-0.2, -0.15) is 0 Å². The van der Waals surface area contributed by atoms with Crippen LogP contribution >= 0.6 is 0 Å². The minimum Gasteiger partial charge on any atom is -1.00 e. The average Bonchev–Trinajstić information content (AvgIpc) is 2.16. The summed E-state index contributed by atoms with van der Waals surface area (Å²) in [6, 6.07) is 10.7. The average molecular weight is 265 g/mol. The van der Waals surface area contributed by atoms with Crippen LogP contribution in [-0.2, 0) is 6.54 Å². The Balaban J connectivity index is 0. The molecule has 0 heterocycles. The molecule has 0 bridgehead atoms. The monoisotopic (exact) mass is 264 g/mol. The first kappa shape index (κ1) is 18.1. The molecule has 0 saturated carbocycles. The number of rotatable bonds is 5. The second-order valence-corrected chi connectivity index (χ2v) is 4.33. The molecule has 0 aromatic heterocycles. The lowest BCUT2D eigenvalue weighted by Gasteiger charge is -2.15. The molecule has 0 aliphatic heterocycles. The number of hydrogen-bond acceptors (Lipinski definition) is 0. The van der Waals surface area contributed by atoms with Gasteiger partial charge in [0, 0.05) is 5.56 Å². The molecule has 16 heavy (non-hydrogen) atoms. The van der Waals surface area contributed by atoms with Crippen molar-refractivity contribution in [2.45, 2.75) is 6.54 Å². The Kier molecular flexibility index (Phi) is 11.2. The van der Waals surface area contributed by atoms with E-state index >= 15 is 0 Å². The smallest absolute Gasteiger partial charge is 0.127 e. The van der Waals surface area contributed by atoms with Crippen molar-refractivity contribution in [1.82, 2.24) is 0 Å². The number of likely N-dealkylation sites (N-methyl/N-ethyl adjacent to an activating group) is 2. The molecule has 0 amide bonds. The minimum absolute atomic E-state index is 0. The fourth-order valence-electron chi connectivity index (χ4n) is 1.50. The molecule has 1 aromatic carbocycles. The second-order valence-electron chi connectivity index (χ2n) is 4.33. The van der Waals surface area contributed by atoms with Crippen LogP contribution in [0.15, 0.2) is 30.3 Å². The Morgan fingerprint density at radius 1 is 0.875 bits per heavy atom. The maximum atomic E-state index is 2.26. The molecule has 2 nitrogen and oxygen atoms in total. The van der Waals surface area contributed by atoms with E-state index < -0.39 is 0 Å². The first-order valence-corrected chi connectivity index (χ1v) is 5.32. The fourth-order valence-corrected chi connectivity index (χ4v) is 1.50. The maximum absolute atomic E-state index is 2.26. The van der Waals surface area contributed by atoms with Crippen molar-refractivity contribution in [2.75, 3.05) is 34.2 Å². The van der Waals surface area contributed by atoms with E-state index in [-0.39, 0.29) is 24.8 Å². The van der Waals surface area contributed by atoms with Crippen molar-refractivity contribution in [3.63, 3.8) is 0 Å². The largest absolute Gasteiger partial charge is 1.00 e. The van der Waals surface area contributed by atoms with Gasteiger partial charge in [-0.3, -0.25) is 0 Å². The van der Waals surface area contributed by atoms with Crippen molar-refractivity contribution < 1.29 is 34.6 Å². The third-order valence-corrected chi connectivity index (χ3v) is 2.40. The predicted molar refractivity (Wildman–Crippen MR) is 59.6 cm³/mol. The Morgan fingerprint density at radius 3 is 1.94 bits per heavy atom. The maximum Gasteiger partial charge on any atom is 0.127 e. The lowest BCUT2D eigenvalue weighted by Crippen LogP contribution is -3.15. The topological polar surface area (TPSA) is 8.88 Å². The van der Waals surface area contributed by atoms with Crippen LogP contribution in [-0.4, -0.2) is 34.2 Å². The highest BCUT2D eigenvalue weighted by atomic mass is 35.5. The van der Waals surface area contributed by atoms with E-state index in [4.69, 9.17) is 0 Å². The Hall–Kier alpha value is -0.280. The molecule has 0 aliphatic carbocycles. The SMILES string of the molecule is C[NH+](C)CC[NH+](C)Cc1ccccc1.[Cl-].[Cl-]. The normalized spacial score (nSPS) is 11.5. The molecule has 0 saturated heterocycles. The molecule has 1 aromatic rings. The van der Waals surface area contributed by atoms with Crippen LogP contribution in [0.2, 0.25) is 0 Å². The summed E-state index contributed by atoms with van der Waals surface area (Å²) in [6.45, 7) is 3.60. The van der Waals surface area contributed by atoms with E-state index in [2.05, 4.69) is 51.5 Å². The van der Waals surface area contributed by atoms with E-state index in [0.29, 0.717) is 0 Å². The van der Waals surface area contributed by atoms with Crippen LogP contribution < -0.4 is 34.6 Å². The predicted octanol–water partition coefficient (Wildman–Crippen LogP) is -7.15. The third-order valence-electron chi connectivity index (χ3n) is 2.40. The zero-order valence-electron chi connectivity index (χ0n) is 10.3. The number of nitrogens with one attached hydrogen (secondary N) is 2. The van der Waals surface area contributed by atoms with Gasteiger partial charge in [0.1, 0.15) is 19.6 Å². The summed E-state index contributed by atoms with van der Waals surface area (Å²) < 4.78 is 0. The summed E-state index contributed by atoms with van der Waals surface area (Å²) in [4.78, 5) is 3.11. The molecule has 4 heteroatoms. The third kappa shape index (κ3) is 7.94. The zero-order valence-corrected chi connectivity index (χ0v) is 11.8. The van der Waals surface area contributed by atoms with Crippen molar-refractivity contribution in [3.05, 3.63) is 35.9 Å². The van der Waals surface area contributed by atoms with Gasteiger partial charge in [-0.05, 0) is 0 Å². The van der Waals surface area contributed by atoms with E-state index in [0.717, 1.165) is 6.54 Å². The van der Waals surface area contributed by atoms with Gasteiger partial charge in [0.15, 0.2) is 0 Å². The van der Waals surface area contributed by atoms with Gasteiger partial charge in [0.25, 0.3) is 0 Å². The van der Waals surface area contributed by atoms with Crippen molar-refractivity contribution >= 4 is 0 Å². The minimum atomic E-state index is 0. The first-order valence-electron chi connectivity index (χ1n) is 5.32. The Bertz CT molecular complexity index is 252. The van der Waals surface area contributed by atoms with Crippen LogP contribution in [0.5, 0.6) is 0 Å². The summed E-state index contributed by atoms with van der Waals surface area (Å²) in [7, 11) is 6.67. The summed E-state index contributed by atoms with van der Waals surface area (Å²) in [5.41, 5.74) is 1.43. The second kappa shape index (κ2) is 9.91. The molecule has 1 rings (SSSR count). The summed E-state index contributed by atoms with van der Waals surface area (Å²) >= 11 is 0. The number of halogens is 2. The van der Waals surface area contributed by atoms with E-state index in [1.54, 1.807) is 4.90 Å². The molecule has 1 unspecified atom stereocenters. The molecular formula is C12H22Cl2N2. The number of quaternary nitrogens is 2. The highest BCUT2D eigenvalue weighted by Gasteiger charge is 2.04. The van der Waals surface area contributed by atoms with Gasteiger partial charge in [0.2, 0.25) is 0 Å². The quantitative estimate of drug-likeness (QED) is 0.523. The zero-order chi connectivity index (χ0) is 10.4. The fraction of sp³-hybridized carbons (Fsp3) is 0.500. The molecule has 0 radical (unpaired) electrons. The molecule has 0 aliphatic rings. The Labute approximate surface area is 111 Å². The van der Waals surface area contributed by atoms with Gasteiger partial charge >= 0.3 is 0 Å². The van der Waals surface area contributed by atoms with Gasteiger partial charge in [-0.1, -0.05) is 30.3 Å². The summed E-state index contributed by atoms with van der Waals surface area (Å²) in [5, 5.41) is 0. The lowest BCUT2D eigenvalue weighted by atomic mass is 10.2. The highest BCUT2D eigenvalue weighted by molar-refractivity contribution is 5.13. The molecule has 0 fully saturated rings. The highest BCUT2D eigenvalue weighted by Crippen LogP contribution is 1.94. The van der Waals surface area contributed by atoms with Crippen LogP contribution in [0, 0.1) is 0 Å². The lowest BCUT2D eigenvalue weighted by molar-refractivity contribution is -0.937. The Morgan fingerprint density at radius 2 is 1.44 bits per heavy atom. The van der Waals surface area contributed by atoms with Crippen LogP contribution in [0.3, 0.4) is 0 Å². The van der Waals surface area contributed by atoms with Gasteiger partial charge in [0.05, 0.1) is 21.1 Å². The van der Waals surface area contributed by atoms with E-state index in [9.17, 15) is 0 Å². The molecule has 1 atom stereocenters. The molecule has 2 N–H and O–H groups in total. The van der Waals surface area contributed by atoms with E-state index in [1.165, 1.54) is 23.6 Å². The van der Waals surface area contributed by atoms with Crippen LogP contribution in [0.4, 0.5) is 0 Å². The van der Waals surface area contributed by atoms with Crippen molar-refractivity contribution in [2.24, 2.45) is 0 Å². The van der Waals surface area contributed by atoms with Crippen LogP contribution in [0.1, 0.15) is 5.56 Å². The van der Waals surface area contributed by atoms with E-state index in [1.807, 2.05) is 0 Å². The molecule has 94 valence electrons. The van der Waals surface area contributed by atoms with Gasteiger partial charge in [-0.15, -0.1) is 0 Å². The van der Waals surface area contributed by atoms with Crippen molar-refractivity contribution in [1.29, 1.82) is 0 Å². The summed E-state index contributed by atoms with van der Waals surface area (Å²) in [6.07, 6.45) is 0. The van der Waals surface area contributed by atoms with Crippen LogP contribution in [0.25, 0.3) is 0 Å². The first-order chi connectivity index (χ1) is 6.68. The summed E-state index contributed by atoms with van der Waals surface area (Å²) in [5.74, 6) is 0. The number of benzene rings is 1. The van der Waals surface area contributed by atoms with Gasteiger partial charge in [-0.25, -0.2) is 0 Å². The standard InChI is InChI=1S/C12H20N2.2ClH/c1-13(2)9-10-14(3)11-12-7-5-4-6-8-12;;/h4-8H,9-11H2,1-3H3;2*1H. The van der Waals surface area contributed by atoms with Crippen molar-refractivity contribution in [3.8, 4) is 0 Å². The molecule has 0 spiro atoms. The number of hydrogen-bond donors (Lipinski definition) is 2. The molecular weight excluding hydrogens is 243 g/mol. The van der Waals surface area contributed by atoms with Gasteiger partial charge < -0.3 is 34.6 Å².